The fourth-order valence-electron chi connectivity index (χ4n) is 1.88. The highest BCUT2D eigenvalue weighted by atomic mass is 79.9. The summed E-state index contributed by atoms with van der Waals surface area (Å²) in [4.78, 5) is 17.8. The third-order valence-electron chi connectivity index (χ3n) is 3.07. The van der Waals surface area contributed by atoms with Crippen molar-refractivity contribution in [1.82, 2.24) is 9.55 Å². The van der Waals surface area contributed by atoms with Crippen molar-refractivity contribution in [3.8, 4) is 0 Å². The number of aromatic nitrogens is 2. The Bertz CT molecular complexity index is 606. The van der Waals surface area contributed by atoms with Crippen LogP contribution in [0.4, 0.5) is 5.69 Å². The standard InChI is InChI=1S/C14H16BrN3O/c1-10(19)12-5-4-11(8-13(12)15)18(3)9-14-16-6-7-17(14)2/h4-8H,9H2,1-3H3. The van der Waals surface area contributed by atoms with E-state index < -0.39 is 0 Å². The molecule has 0 N–H and O–H groups in total. The predicted octanol–water partition coefficient (Wildman–Crippen LogP) is 3.02. The van der Waals surface area contributed by atoms with E-state index in [0.717, 1.165) is 22.5 Å². The number of hydrogen-bond donors (Lipinski definition) is 0. The van der Waals surface area contributed by atoms with Crippen LogP contribution in [0.15, 0.2) is 35.1 Å². The average molecular weight is 322 g/mol. The maximum absolute atomic E-state index is 11.4. The Labute approximate surface area is 121 Å². The summed E-state index contributed by atoms with van der Waals surface area (Å²) < 4.78 is 2.82. The minimum atomic E-state index is 0.0604. The molecule has 0 aliphatic heterocycles. The molecule has 0 saturated carbocycles. The summed E-state index contributed by atoms with van der Waals surface area (Å²) in [6.07, 6.45) is 3.72. The van der Waals surface area contributed by atoms with Crippen molar-refractivity contribution in [1.29, 1.82) is 0 Å². The van der Waals surface area contributed by atoms with E-state index in [1.807, 2.05) is 43.1 Å². The van der Waals surface area contributed by atoms with Gasteiger partial charge < -0.3 is 9.47 Å². The molecular formula is C14H16BrN3O. The van der Waals surface area contributed by atoms with E-state index in [0.29, 0.717) is 5.56 Å². The van der Waals surface area contributed by atoms with E-state index in [9.17, 15) is 4.79 Å². The molecule has 100 valence electrons. The largest absolute Gasteiger partial charge is 0.367 e. The van der Waals surface area contributed by atoms with Crippen LogP contribution in [-0.2, 0) is 13.6 Å². The Morgan fingerprint density at radius 2 is 2.21 bits per heavy atom. The lowest BCUT2D eigenvalue weighted by molar-refractivity contribution is 0.101. The third-order valence-corrected chi connectivity index (χ3v) is 3.73. The van der Waals surface area contributed by atoms with Gasteiger partial charge in [-0.25, -0.2) is 4.98 Å². The lowest BCUT2D eigenvalue weighted by atomic mass is 10.1. The summed E-state index contributed by atoms with van der Waals surface area (Å²) in [5, 5.41) is 0. The number of aryl methyl sites for hydroxylation is 1. The van der Waals surface area contributed by atoms with Gasteiger partial charge >= 0.3 is 0 Å². The summed E-state index contributed by atoms with van der Waals surface area (Å²) in [7, 11) is 3.98. The van der Waals surface area contributed by atoms with E-state index in [1.54, 1.807) is 13.1 Å². The van der Waals surface area contributed by atoms with Gasteiger partial charge in [-0.3, -0.25) is 4.79 Å². The molecule has 1 aromatic heterocycles. The first-order chi connectivity index (χ1) is 8.99. The van der Waals surface area contributed by atoms with Crippen molar-refractivity contribution in [2.45, 2.75) is 13.5 Å². The Morgan fingerprint density at radius 3 is 2.74 bits per heavy atom. The summed E-state index contributed by atoms with van der Waals surface area (Å²) in [5.74, 6) is 1.06. The van der Waals surface area contributed by atoms with Gasteiger partial charge in [-0.15, -0.1) is 0 Å². The number of rotatable bonds is 4. The fraction of sp³-hybridized carbons (Fsp3) is 0.286. The highest BCUT2D eigenvalue weighted by molar-refractivity contribution is 9.10. The summed E-state index contributed by atoms with van der Waals surface area (Å²) in [5.41, 5.74) is 1.74. The molecule has 0 spiro atoms. The fourth-order valence-corrected chi connectivity index (χ4v) is 2.53. The minimum absolute atomic E-state index is 0.0604. The Balaban J connectivity index is 2.20. The molecule has 0 fully saturated rings. The second-order valence-electron chi connectivity index (χ2n) is 4.53. The molecule has 0 radical (unpaired) electrons. The van der Waals surface area contributed by atoms with Gasteiger partial charge in [-0.2, -0.15) is 0 Å². The summed E-state index contributed by atoms with van der Waals surface area (Å²) in [6.45, 7) is 2.28. The Morgan fingerprint density at radius 1 is 1.47 bits per heavy atom. The highest BCUT2D eigenvalue weighted by Gasteiger charge is 2.10. The number of carbonyl (C=O) groups excluding carboxylic acids is 1. The van der Waals surface area contributed by atoms with Crippen molar-refractivity contribution in [2.24, 2.45) is 7.05 Å². The van der Waals surface area contributed by atoms with Gasteiger partial charge in [0, 0.05) is 42.2 Å². The van der Waals surface area contributed by atoms with Crippen LogP contribution < -0.4 is 4.90 Å². The van der Waals surface area contributed by atoms with Gasteiger partial charge in [-0.05, 0) is 41.1 Å². The SMILES string of the molecule is CC(=O)c1ccc(N(C)Cc2nccn2C)cc1Br. The molecule has 19 heavy (non-hydrogen) atoms. The third kappa shape index (κ3) is 3.04. The first-order valence-corrected chi connectivity index (χ1v) is 6.76. The quantitative estimate of drug-likeness (QED) is 0.812. The van der Waals surface area contributed by atoms with Crippen molar-refractivity contribution in [3.63, 3.8) is 0 Å². The number of carbonyl (C=O) groups is 1. The van der Waals surface area contributed by atoms with Crippen molar-refractivity contribution in [3.05, 3.63) is 46.5 Å². The van der Waals surface area contributed by atoms with Gasteiger partial charge in [0.05, 0.1) is 6.54 Å². The van der Waals surface area contributed by atoms with Gasteiger partial charge in [0.25, 0.3) is 0 Å². The number of halogens is 1. The van der Waals surface area contributed by atoms with Gasteiger partial charge in [0.15, 0.2) is 5.78 Å². The molecule has 0 aliphatic carbocycles. The molecule has 0 aliphatic rings. The first-order valence-electron chi connectivity index (χ1n) is 5.97. The normalized spacial score (nSPS) is 10.5. The number of ketones is 1. The predicted molar refractivity (Wildman–Crippen MR) is 79.5 cm³/mol. The number of anilines is 1. The zero-order valence-corrected chi connectivity index (χ0v) is 12.8. The van der Waals surface area contributed by atoms with E-state index >= 15 is 0 Å². The van der Waals surface area contributed by atoms with E-state index in [2.05, 4.69) is 25.8 Å². The zero-order chi connectivity index (χ0) is 14.0. The number of imidazole rings is 1. The Hall–Kier alpha value is -1.62. The minimum Gasteiger partial charge on any atom is -0.367 e. The molecular weight excluding hydrogens is 306 g/mol. The molecule has 2 rings (SSSR count). The molecule has 0 amide bonds. The van der Waals surface area contributed by atoms with E-state index in [1.165, 1.54) is 0 Å². The number of benzene rings is 1. The van der Waals surface area contributed by atoms with Crippen LogP contribution in [0, 0.1) is 0 Å². The topological polar surface area (TPSA) is 38.1 Å². The van der Waals surface area contributed by atoms with Gasteiger partial charge in [-0.1, -0.05) is 0 Å². The van der Waals surface area contributed by atoms with Crippen LogP contribution in [0.2, 0.25) is 0 Å². The Kier molecular flexibility index (Phi) is 4.04. The average Bonchev–Trinajstić information content (AvgIpc) is 2.74. The second kappa shape index (κ2) is 5.57. The molecule has 5 heteroatoms. The number of Topliss-reactive ketones (excluding diaryl/α,β-unsaturated/α-hetero) is 1. The molecule has 2 aromatic rings. The maximum Gasteiger partial charge on any atom is 0.160 e. The molecule has 0 atom stereocenters. The molecule has 0 unspecified atom stereocenters. The van der Waals surface area contributed by atoms with Gasteiger partial charge in [0.2, 0.25) is 0 Å². The number of nitrogens with zero attached hydrogens (tertiary/aromatic N) is 3. The van der Waals surface area contributed by atoms with Crippen LogP contribution in [0.5, 0.6) is 0 Å². The van der Waals surface area contributed by atoms with E-state index in [4.69, 9.17) is 0 Å². The maximum atomic E-state index is 11.4. The van der Waals surface area contributed by atoms with Crippen LogP contribution in [0.3, 0.4) is 0 Å². The monoisotopic (exact) mass is 321 g/mol. The summed E-state index contributed by atoms with van der Waals surface area (Å²) in [6, 6.07) is 5.75. The number of hydrogen-bond acceptors (Lipinski definition) is 3. The smallest absolute Gasteiger partial charge is 0.160 e. The lowest BCUT2D eigenvalue weighted by Gasteiger charge is -2.19. The molecule has 1 aromatic carbocycles. The van der Waals surface area contributed by atoms with Crippen molar-refractivity contribution >= 4 is 27.4 Å². The summed E-state index contributed by atoms with van der Waals surface area (Å²) >= 11 is 3.44. The molecule has 4 nitrogen and oxygen atoms in total. The van der Waals surface area contributed by atoms with Crippen LogP contribution >= 0.6 is 15.9 Å². The molecule has 1 heterocycles. The van der Waals surface area contributed by atoms with Gasteiger partial charge in [0.1, 0.15) is 5.82 Å². The molecule has 0 saturated heterocycles. The van der Waals surface area contributed by atoms with Crippen LogP contribution in [0.25, 0.3) is 0 Å². The van der Waals surface area contributed by atoms with Crippen LogP contribution in [0.1, 0.15) is 23.1 Å². The second-order valence-corrected chi connectivity index (χ2v) is 5.39. The van der Waals surface area contributed by atoms with Crippen LogP contribution in [-0.4, -0.2) is 22.4 Å². The van der Waals surface area contributed by atoms with Crippen molar-refractivity contribution < 1.29 is 4.79 Å². The lowest BCUT2D eigenvalue weighted by Crippen LogP contribution is -2.19. The van der Waals surface area contributed by atoms with E-state index in [-0.39, 0.29) is 5.78 Å². The first kappa shape index (κ1) is 13.8. The highest BCUT2D eigenvalue weighted by Crippen LogP contribution is 2.24. The van der Waals surface area contributed by atoms with Crippen molar-refractivity contribution in [2.75, 3.05) is 11.9 Å². The molecule has 0 bridgehead atoms. The zero-order valence-electron chi connectivity index (χ0n) is 11.2.